The van der Waals surface area contributed by atoms with Crippen LogP contribution in [-0.4, -0.2) is 7.11 Å². The highest BCUT2D eigenvalue weighted by Crippen LogP contribution is 2.32. The second-order valence-electron chi connectivity index (χ2n) is 4.02. The number of rotatable bonds is 3. The van der Waals surface area contributed by atoms with E-state index in [0.717, 1.165) is 6.07 Å². The minimum absolute atomic E-state index is 0.187. The molecular formula is C15H9F2N3O. The lowest BCUT2D eigenvalue weighted by Gasteiger charge is -2.13. The molecule has 0 amide bonds. The van der Waals surface area contributed by atoms with Gasteiger partial charge >= 0.3 is 0 Å². The number of hydrogen-bond acceptors (Lipinski definition) is 4. The lowest BCUT2D eigenvalue weighted by Crippen LogP contribution is -2.02. The van der Waals surface area contributed by atoms with Gasteiger partial charge in [0.15, 0.2) is 11.6 Å². The first kappa shape index (κ1) is 14.3. The molecule has 1 N–H and O–H groups in total. The van der Waals surface area contributed by atoms with Crippen LogP contribution >= 0.6 is 0 Å². The zero-order valence-corrected chi connectivity index (χ0v) is 10.9. The van der Waals surface area contributed by atoms with Crippen molar-refractivity contribution < 1.29 is 13.5 Å². The minimum Gasteiger partial charge on any atom is -0.495 e. The molecule has 6 heteroatoms. The molecule has 0 unspecified atom stereocenters. The fourth-order valence-electron chi connectivity index (χ4n) is 1.79. The van der Waals surface area contributed by atoms with Crippen LogP contribution in [0.2, 0.25) is 0 Å². The third kappa shape index (κ3) is 2.60. The Labute approximate surface area is 119 Å². The highest BCUT2D eigenvalue weighted by molar-refractivity contribution is 5.73. The van der Waals surface area contributed by atoms with Crippen molar-refractivity contribution in [3.8, 4) is 17.9 Å². The van der Waals surface area contributed by atoms with Gasteiger partial charge in [0.2, 0.25) is 0 Å². The molecule has 0 fully saturated rings. The van der Waals surface area contributed by atoms with E-state index in [9.17, 15) is 8.78 Å². The Balaban J connectivity index is 2.52. The van der Waals surface area contributed by atoms with Gasteiger partial charge in [-0.05, 0) is 24.3 Å². The normalized spacial score (nSPS) is 9.57. The lowest BCUT2D eigenvalue weighted by atomic mass is 10.1. The second-order valence-corrected chi connectivity index (χ2v) is 4.02. The van der Waals surface area contributed by atoms with Gasteiger partial charge in [-0.25, -0.2) is 8.78 Å². The molecule has 2 aromatic rings. The lowest BCUT2D eigenvalue weighted by molar-refractivity contribution is 0.416. The van der Waals surface area contributed by atoms with Crippen molar-refractivity contribution in [1.82, 2.24) is 0 Å². The first-order chi connectivity index (χ1) is 10.1. The first-order valence-corrected chi connectivity index (χ1v) is 5.84. The Morgan fingerprint density at radius 2 is 1.71 bits per heavy atom. The van der Waals surface area contributed by atoms with Gasteiger partial charge in [0.25, 0.3) is 0 Å². The van der Waals surface area contributed by atoms with E-state index in [1.165, 1.54) is 19.2 Å². The molecular weight excluding hydrogens is 276 g/mol. The van der Waals surface area contributed by atoms with E-state index in [-0.39, 0.29) is 16.9 Å². The Kier molecular flexibility index (Phi) is 4.01. The summed E-state index contributed by atoms with van der Waals surface area (Å²) in [4.78, 5) is 0. The van der Waals surface area contributed by atoms with Crippen molar-refractivity contribution in [2.75, 3.05) is 12.4 Å². The summed E-state index contributed by atoms with van der Waals surface area (Å²) in [6.45, 7) is 0. The maximum atomic E-state index is 13.9. The number of nitrogens with zero attached hydrogens (tertiary/aromatic N) is 2. The van der Waals surface area contributed by atoms with Crippen LogP contribution < -0.4 is 10.1 Å². The van der Waals surface area contributed by atoms with Crippen molar-refractivity contribution in [1.29, 1.82) is 10.5 Å². The predicted octanol–water partition coefficient (Wildman–Crippen LogP) is 3.46. The molecule has 0 spiro atoms. The summed E-state index contributed by atoms with van der Waals surface area (Å²) >= 11 is 0. The zero-order chi connectivity index (χ0) is 15.4. The van der Waals surface area contributed by atoms with Gasteiger partial charge in [0.1, 0.15) is 17.9 Å². The Morgan fingerprint density at radius 1 is 1.00 bits per heavy atom. The third-order valence-corrected chi connectivity index (χ3v) is 2.83. The van der Waals surface area contributed by atoms with Crippen LogP contribution in [0.3, 0.4) is 0 Å². The van der Waals surface area contributed by atoms with Crippen molar-refractivity contribution in [2.24, 2.45) is 0 Å². The maximum Gasteiger partial charge on any atom is 0.183 e. The third-order valence-electron chi connectivity index (χ3n) is 2.83. The highest BCUT2D eigenvalue weighted by Gasteiger charge is 2.16. The van der Waals surface area contributed by atoms with Gasteiger partial charge in [-0.3, -0.25) is 0 Å². The number of hydrogen-bond donors (Lipinski definition) is 1. The molecule has 0 aliphatic rings. The summed E-state index contributed by atoms with van der Waals surface area (Å²) in [6, 6.07) is 10.6. The monoisotopic (exact) mass is 285 g/mol. The molecule has 0 aliphatic heterocycles. The average Bonchev–Trinajstić information content (AvgIpc) is 2.52. The summed E-state index contributed by atoms with van der Waals surface area (Å²) in [5, 5.41) is 20.3. The quantitative estimate of drug-likeness (QED) is 0.937. The molecule has 0 radical (unpaired) electrons. The number of nitriles is 2. The number of methoxy groups -OCH3 is 1. The molecule has 21 heavy (non-hydrogen) atoms. The maximum absolute atomic E-state index is 13.9. The number of para-hydroxylation sites is 1. The first-order valence-electron chi connectivity index (χ1n) is 5.84. The Bertz CT molecular complexity index is 776. The van der Waals surface area contributed by atoms with Gasteiger partial charge in [0.05, 0.1) is 29.6 Å². The molecule has 0 heterocycles. The second kappa shape index (κ2) is 5.89. The fraction of sp³-hybridized carbons (Fsp3) is 0.0667. The van der Waals surface area contributed by atoms with E-state index in [4.69, 9.17) is 15.3 Å². The van der Waals surface area contributed by atoms with E-state index in [0.29, 0.717) is 5.75 Å². The topological polar surface area (TPSA) is 68.8 Å². The van der Waals surface area contributed by atoms with E-state index >= 15 is 0 Å². The van der Waals surface area contributed by atoms with Gasteiger partial charge in [-0.1, -0.05) is 6.07 Å². The number of halogens is 2. The van der Waals surface area contributed by atoms with Crippen LogP contribution in [0.5, 0.6) is 5.75 Å². The summed E-state index contributed by atoms with van der Waals surface area (Å²) in [6.07, 6.45) is 0. The van der Waals surface area contributed by atoms with Gasteiger partial charge < -0.3 is 10.1 Å². The van der Waals surface area contributed by atoms with Crippen LogP contribution in [0.25, 0.3) is 0 Å². The molecule has 0 bridgehead atoms. The largest absolute Gasteiger partial charge is 0.495 e. The smallest absolute Gasteiger partial charge is 0.183 e. The summed E-state index contributed by atoms with van der Waals surface area (Å²) < 4.78 is 32.6. The van der Waals surface area contributed by atoms with Gasteiger partial charge in [-0.2, -0.15) is 10.5 Å². The summed E-state index contributed by atoms with van der Waals surface area (Å²) in [7, 11) is 1.40. The standard InChI is InChI=1S/C15H9F2N3O/c1-21-12-4-2-3-10(8-19)15(12)20-11-6-5-9(7-18)13(16)14(11)17/h2-6,20H,1H3. The van der Waals surface area contributed by atoms with Crippen LogP contribution in [0.1, 0.15) is 11.1 Å². The molecule has 0 aromatic heterocycles. The fourth-order valence-corrected chi connectivity index (χ4v) is 1.79. The van der Waals surface area contributed by atoms with Crippen LogP contribution in [-0.2, 0) is 0 Å². The van der Waals surface area contributed by atoms with Crippen molar-refractivity contribution in [3.63, 3.8) is 0 Å². The van der Waals surface area contributed by atoms with E-state index in [2.05, 4.69) is 5.32 Å². The van der Waals surface area contributed by atoms with E-state index in [1.54, 1.807) is 18.2 Å². The summed E-state index contributed by atoms with van der Waals surface area (Å²) in [5.41, 5.74) is -0.130. The number of anilines is 2. The average molecular weight is 285 g/mol. The molecule has 0 atom stereocenters. The SMILES string of the molecule is COc1cccc(C#N)c1Nc1ccc(C#N)c(F)c1F. The number of nitrogens with one attached hydrogen (secondary N) is 1. The molecule has 0 aliphatic carbocycles. The number of ether oxygens (including phenoxy) is 1. The van der Waals surface area contributed by atoms with Gasteiger partial charge in [-0.15, -0.1) is 0 Å². The molecule has 104 valence electrons. The van der Waals surface area contributed by atoms with Crippen LogP contribution in [0, 0.1) is 34.3 Å². The predicted molar refractivity (Wildman–Crippen MR) is 72.1 cm³/mol. The molecule has 4 nitrogen and oxygen atoms in total. The van der Waals surface area contributed by atoms with Crippen LogP contribution in [0.4, 0.5) is 20.2 Å². The number of benzene rings is 2. The van der Waals surface area contributed by atoms with E-state index < -0.39 is 17.2 Å². The zero-order valence-electron chi connectivity index (χ0n) is 10.9. The molecule has 0 saturated heterocycles. The Morgan fingerprint density at radius 3 is 2.33 bits per heavy atom. The van der Waals surface area contributed by atoms with E-state index in [1.807, 2.05) is 6.07 Å². The van der Waals surface area contributed by atoms with Gasteiger partial charge in [0, 0.05) is 0 Å². The molecule has 2 rings (SSSR count). The van der Waals surface area contributed by atoms with Crippen molar-refractivity contribution >= 4 is 11.4 Å². The molecule has 0 saturated carbocycles. The summed E-state index contributed by atoms with van der Waals surface area (Å²) in [5.74, 6) is -2.11. The van der Waals surface area contributed by atoms with Crippen LogP contribution in [0.15, 0.2) is 30.3 Å². The Hall–Kier alpha value is -3.12. The van der Waals surface area contributed by atoms with Crippen molar-refractivity contribution in [3.05, 3.63) is 53.1 Å². The highest BCUT2D eigenvalue weighted by atomic mass is 19.2. The molecule has 2 aromatic carbocycles. The minimum atomic E-state index is -1.24. The van der Waals surface area contributed by atoms with Crippen molar-refractivity contribution in [2.45, 2.75) is 0 Å².